The topological polar surface area (TPSA) is 479 Å². The van der Waals surface area contributed by atoms with Gasteiger partial charge in [-0.1, -0.05) is 59.6 Å². The molecule has 2 unspecified atom stereocenters. The third kappa shape index (κ3) is 30.6. The van der Waals surface area contributed by atoms with Crippen LogP contribution >= 0.6 is 23.2 Å². The van der Waals surface area contributed by atoms with Crippen molar-refractivity contribution in [1.82, 2.24) is 40.4 Å². The van der Waals surface area contributed by atoms with Gasteiger partial charge in [-0.25, -0.2) is 33.5 Å². The molecule has 8 heterocycles. The summed E-state index contributed by atoms with van der Waals surface area (Å²) in [6.07, 6.45) is 3.79. The van der Waals surface area contributed by atoms with Gasteiger partial charge in [-0.15, -0.1) is 0 Å². The number of rotatable bonds is 54. The normalized spacial score (nSPS) is 14.3. The molecule has 42 heteroatoms. The van der Waals surface area contributed by atoms with Crippen molar-refractivity contribution in [2.75, 3.05) is 149 Å². The van der Waals surface area contributed by atoms with Crippen LogP contribution < -0.4 is 45.9 Å². The van der Waals surface area contributed by atoms with Crippen LogP contribution in [-0.2, 0) is 103 Å². The van der Waals surface area contributed by atoms with Gasteiger partial charge in [0.05, 0.1) is 156 Å². The summed E-state index contributed by atoms with van der Waals surface area (Å²) in [5, 5.41) is 21.8. The predicted octanol–water partition coefficient (Wildman–Crippen LogP) is 13.5. The van der Waals surface area contributed by atoms with Gasteiger partial charge in [-0.3, -0.25) is 63.6 Å². The summed E-state index contributed by atoms with van der Waals surface area (Å²) in [5.41, 5.74) is 11.8. The molecule has 7 N–H and O–H groups in total. The van der Waals surface area contributed by atoms with Gasteiger partial charge in [0.15, 0.2) is 5.78 Å². The average molecular weight is 2040 g/mol. The molecule has 4 aliphatic heterocycles. The Morgan fingerprint density at radius 2 is 0.828 bits per heavy atom. The Balaban J connectivity index is 0.000000195. The number of amides is 8. The summed E-state index contributed by atoms with van der Waals surface area (Å²) in [6, 6.07) is 49.3. The van der Waals surface area contributed by atoms with Crippen LogP contribution in [0.25, 0.3) is 44.5 Å². The number of aromatic nitrogens is 4. The van der Waals surface area contributed by atoms with Crippen molar-refractivity contribution < 1.29 is 137 Å². The molecule has 0 radical (unpaired) electrons. The van der Waals surface area contributed by atoms with Crippen LogP contribution in [0.4, 0.5) is 31.8 Å². The number of aliphatic carboxylic acids is 1. The molecule has 0 saturated carbocycles. The molecule has 4 aromatic heterocycles. The molecule has 8 amide bonds. The largest absolute Gasteiger partial charge is 0.493 e. The van der Waals surface area contributed by atoms with E-state index < -0.39 is 65.3 Å². The summed E-state index contributed by atoms with van der Waals surface area (Å²) in [5.74, 6) is -1.19. The number of benzene rings is 8. The molecule has 2 saturated heterocycles. The molecule has 760 valence electrons. The minimum absolute atomic E-state index is 0.0233. The molecule has 4 aliphatic rings. The number of furan rings is 2. The number of anilines is 4. The molecule has 0 aliphatic carbocycles. The second-order valence-corrected chi connectivity index (χ2v) is 33.3. The van der Waals surface area contributed by atoms with E-state index >= 15 is 0 Å². The number of nitrogens with one attached hydrogen (secondary N) is 4. The van der Waals surface area contributed by atoms with Crippen LogP contribution in [0.15, 0.2) is 203 Å². The number of imide groups is 4. The number of nitrogens with two attached hydrogens (primary N) is 1. The Hall–Kier alpha value is -14.5. The highest BCUT2D eigenvalue weighted by molar-refractivity contribution is 6.33. The number of Topliss-reactive ketones (excluding diaryl/α,β-unsaturated/α-hetero) is 1. The van der Waals surface area contributed by atoms with Crippen LogP contribution in [-0.4, -0.2) is 245 Å². The zero-order valence-electron chi connectivity index (χ0n) is 78.4. The number of hydrogen-bond donors (Lipinski definition) is 6. The van der Waals surface area contributed by atoms with E-state index in [1.165, 1.54) is 49.1 Å². The number of carboxylic acid groups (broad SMARTS) is 1. The van der Waals surface area contributed by atoms with Gasteiger partial charge >= 0.3 is 5.97 Å². The maximum atomic E-state index is 13.6. The number of ketones is 1. The van der Waals surface area contributed by atoms with E-state index in [0.29, 0.717) is 178 Å². The Bertz CT molecular complexity index is 6550. The third-order valence-corrected chi connectivity index (χ3v) is 22.8. The van der Waals surface area contributed by atoms with Crippen molar-refractivity contribution in [1.29, 1.82) is 0 Å². The molecule has 2 atom stereocenters. The average Bonchev–Trinajstić information content (AvgIpc) is 1.60. The first-order valence-corrected chi connectivity index (χ1v) is 47.1. The molecule has 145 heavy (non-hydrogen) atoms. The highest BCUT2D eigenvalue weighted by Gasteiger charge is 2.48. The van der Waals surface area contributed by atoms with Crippen molar-refractivity contribution in [3.8, 4) is 45.6 Å². The fourth-order valence-corrected chi connectivity index (χ4v) is 15.7. The van der Waals surface area contributed by atoms with E-state index in [1.54, 1.807) is 72.8 Å². The monoisotopic (exact) mass is 2030 g/mol. The van der Waals surface area contributed by atoms with Gasteiger partial charge in [0.2, 0.25) is 23.6 Å². The quantitative estimate of drug-likeness (QED) is 0.0152. The van der Waals surface area contributed by atoms with E-state index in [0.717, 1.165) is 42.7 Å². The molecule has 12 aromatic rings. The molecule has 38 nitrogen and oxygen atoms in total. The Labute approximate surface area is 838 Å². The van der Waals surface area contributed by atoms with Crippen LogP contribution in [0.1, 0.15) is 103 Å². The van der Waals surface area contributed by atoms with Gasteiger partial charge in [-0.2, -0.15) is 0 Å². The minimum atomic E-state index is -1.07. The van der Waals surface area contributed by atoms with Gasteiger partial charge in [0.1, 0.15) is 140 Å². The van der Waals surface area contributed by atoms with Crippen molar-refractivity contribution in [3.05, 3.63) is 261 Å². The molecule has 0 bridgehead atoms. The fourth-order valence-electron chi connectivity index (χ4n) is 15.2. The molecule has 16 rings (SSSR count). The lowest BCUT2D eigenvalue weighted by Gasteiger charge is -2.27. The highest BCUT2D eigenvalue weighted by Crippen LogP contribution is 2.40. The first kappa shape index (κ1) is 106. The van der Waals surface area contributed by atoms with Gasteiger partial charge < -0.3 is 96.6 Å². The molecule has 2 fully saturated rings. The Morgan fingerprint density at radius 1 is 0.421 bits per heavy atom. The SMILES string of the molecule is NCCOc1cccc2c1C(=O)N(C1CCC(=O)NC1=O)C2=O.O=C(CCCOc1cccc2c1C(=O)N(C1CCC(=O)NC1=O)C2=O)COCCOCCOCCOCCOCc1ccc(-c2ccc3ncnc(Nc4ccc(OCc5cccc(F)c5)c(Cl)c4)c3c2)o1.O=C(O)COCCOCCOCCOCCOCc1ccc(-c2ccc3ncnc(Nc4ccc(OCc5cccc(F)c5)c(Cl)c4)c3c2)o1. The number of piperidine rings is 2. The Kier molecular flexibility index (Phi) is 39.8. The first-order chi connectivity index (χ1) is 70.6. The maximum absolute atomic E-state index is 13.6. The highest BCUT2D eigenvalue weighted by atomic mass is 35.5. The van der Waals surface area contributed by atoms with Crippen LogP contribution in [0.2, 0.25) is 10.0 Å². The lowest BCUT2D eigenvalue weighted by Crippen LogP contribution is -2.54. The van der Waals surface area contributed by atoms with Gasteiger partial charge in [-0.05, 0) is 176 Å². The number of halogens is 4. The van der Waals surface area contributed by atoms with Crippen molar-refractivity contribution >= 4 is 127 Å². The van der Waals surface area contributed by atoms with E-state index in [4.69, 9.17) is 109 Å². The molecular formula is C103H103Cl2F2N11O27. The van der Waals surface area contributed by atoms with E-state index in [1.807, 2.05) is 72.8 Å². The van der Waals surface area contributed by atoms with Crippen molar-refractivity contribution in [3.63, 3.8) is 0 Å². The van der Waals surface area contributed by atoms with E-state index in [9.17, 15) is 56.7 Å². The van der Waals surface area contributed by atoms with Crippen LogP contribution in [0.3, 0.4) is 0 Å². The van der Waals surface area contributed by atoms with E-state index in [-0.39, 0.29) is 156 Å². The summed E-state index contributed by atoms with van der Waals surface area (Å²) < 4.78 is 117. The fraction of sp³-hybridized carbons (Fsp3) is 0.320. The van der Waals surface area contributed by atoms with Gasteiger partial charge in [0, 0.05) is 59.1 Å². The first-order valence-electron chi connectivity index (χ1n) is 46.3. The summed E-state index contributed by atoms with van der Waals surface area (Å²) in [7, 11) is 0. The summed E-state index contributed by atoms with van der Waals surface area (Å²) in [4.78, 5) is 141. The number of fused-ring (bicyclic) bond motifs is 4. The lowest BCUT2D eigenvalue weighted by molar-refractivity contribution is -0.143. The second-order valence-electron chi connectivity index (χ2n) is 32.5. The van der Waals surface area contributed by atoms with Crippen molar-refractivity contribution in [2.45, 2.75) is 77.0 Å². The molecule has 0 spiro atoms. The number of hydrogen-bond acceptors (Lipinski definition) is 33. The zero-order chi connectivity index (χ0) is 102. The molecular weight excluding hydrogens is 1930 g/mol. The number of carbonyl (C=O) groups is 10. The molecule has 8 aromatic carbocycles. The minimum Gasteiger partial charge on any atom is -0.493 e. The maximum Gasteiger partial charge on any atom is 0.329 e. The third-order valence-electron chi connectivity index (χ3n) is 22.2. The standard InChI is InChI=1S/C52H51ClFN5O13.C36H37ClFN3O9.C15H15N3O5/c53-41-28-36(10-14-45(41)71-29-33-4-1-5-35(54)26-33)57-49-40-27-34(9-12-42(40)55-32-56-49)44-15-11-38(72-44)31-69-25-23-67-21-19-65-18-20-66-22-24-68-30-37(60)6-3-17-70-46-8-2-7-39-48(46)52(64)59(51(39)63)43-13-16-47(61)58-50(43)62;37-31-20-28(5-8-34(31)49-21-25-2-1-3-27(38)18-25)41-36-30-19-26(4-7-32(30)39-24-40-36)33-9-6-29(50-33)22-47-16-14-45-12-10-44-11-13-46-15-17-48-23-35(42)43;16-6-7-23-10-3-1-2-8-12(10)15(22)18(14(8)21)9-4-5-11(19)17-13(9)20/h1-2,4-5,7-12,14-15,26-28,32,43H,3,6,13,16-25,29-31H2,(H,55,56,57)(H,58,61,62);1-9,18-20,24H,10-17,21-23H2,(H,42,43)(H,39,40,41);1-3,9H,4-7,16H2,(H,17,19,20). The summed E-state index contributed by atoms with van der Waals surface area (Å²) >= 11 is 13.0. The van der Waals surface area contributed by atoms with Crippen LogP contribution in [0, 0.1) is 11.6 Å². The van der Waals surface area contributed by atoms with E-state index in [2.05, 4.69) is 41.2 Å². The second kappa shape index (κ2) is 54.3. The van der Waals surface area contributed by atoms with Crippen molar-refractivity contribution in [2.24, 2.45) is 5.73 Å². The van der Waals surface area contributed by atoms with Crippen LogP contribution in [0.5, 0.6) is 23.0 Å². The lowest BCUT2D eigenvalue weighted by atomic mass is 10.0. The Morgan fingerprint density at radius 3 is 1.23 bits per heavy atom. The smallest absolute Gasteiger partial charge is 0.329 e. The number of nitrogens with zero attached hydrogens (tertiary/aromatic N) is 6. The zero-order valence-corrected chi connectivity index (χ0v) is 79.9. The summed E-state index contributed by atoms with van der Waals surface area (Å²) in [6.45, 7) is 6.75. The number of carbonyl (C=O) groups excluding carboxylic acids is 9. The number of carboxylic acids is 1. The predicted molar refractivity (Wildman–Crippen MR) is 519 cm³/mol. The van der Waals surface area contributed by atoms with Gasteiger partial charge in [0.25, 0.3) is 23.6 Å². The number of ether oxygens (including phenoxy) is 14.